The van der Waals surface area contributed by atoms with Crippen LogP contribution in [0.25, 0.3) is 0 Å². The van der Waals surface area contributed by atoms with Crippen LogP contribution < -0.4 is 19.1 Å². The van der Waals surface area contributed by atoms with Crippen molar-refractivity contribution in [3.8, 4) is 11.5 Å². The molecule has 0 saturated heterocycles. The lowest BCUT2D eigenvalue weighted by Gasteiger charge is -2.34. The molecule has 2 amide bonds. The molecule has 0 radical (unpaired) electrons. The average Bonchev–Trinajstić information content (AvgIpc) is 3.04. The normalized spacial score (nSPS) is 14.4. The number of carbonyl (C=O) groups is 2. The van der Waals surface area contributed by atoms with Gasteiger partial charge in [-0.05, 0) is 56.0 Å². The molecule has 44 heavy (non-hydrogen) atoms. The third kappa shape index (κ3) is 7.91. The number of nitrogens with one attached hydrogen (secondary N) is 1. The zero-order valence-electron chi connectivity index (χ0n) is 26.0. The number of carbonyl (C=O) groups excluding carboxylic acids is 2. The van der Waals surface area contributed by atoms with E-state index < -0.39 is 28.5 Å². The minimum Gasteiger partial charge on any atom is -0.493 e. The highest BCUT2D eigenvalue weighted by Crippen LogP contribution is 2.34. The van der Waals surface area contributed by atoms with Crippen LogP contribution in [0.1, 0.15) is 56.6 Å². The molecule has 3 aromatic carbocycles. The van der Waals surface area contributed by atoms with Gasteiger partial charge < -0.3 is 19.7 Å². The first-order valence-electron chi connectivity index (χ1n) is 15.1. The van der Waals surface area contributed by atoms with E-state index in [-0.39, 0.29) is 29.1 Å². The van der Waals surface area contributed by atoms with Gasteiger partial charge >= 0.3 is 0 Å². The van der Waals surface area contributed by atoms with Gasteiger partial charge in [0.25, 0.3) is 10.0 Å². The Hall–Kier alpha value is -4.05. The second kappa shape index (κ2) is 15.1. The summed E-state index contributed by atoms with van der Waals surface area (Å²) >= 11 is 0. The highest BCUT2D eigenvalue weighted by molar-refractivity contribution is 7.92. The highest BCUT2D eigenvalue weighted by atomic mass is 32.2. The molecule has 1 aliphatic carbocycles. The SMILES string of the molecule is CC[C@@H](C(=O)NC1CCCCC1)N(Cc1cccc(C)c1)C(=O)CN(c1ccc(OC)c(OC)c1)S(=O)(=O)c1ccccc1. The monoisotopic (exact) mass is 621 g/mol. The number of rotatable bonds is 13. The largest absolute Gasteiger partial charge is 0.493 e. The molecule has 3 aromatic rings. The first-order valence-corrected chi connectivity index (χ1v) is 16.6. The standard InChI is InChI=1S/C34H43N3O6S/c1-5-30(34(39)35-27-15-8-6-9-16-27)36(23-26-14-12-13-25(2)21-26)33(38)24-37(44(40,41)29-17-10-7-11-18-29)28-19-20-31(42-3)32(22-28)43-4/h7,10-14,17-22,27,30H,5-6,8-9,15-16,23-24H2,1-4H3,(H,35,39)/t30-/m0/s1. The van der Waals surface area contributed by atoms with Crippen LogP contribution >= 0.6 is 0 Å². The molecule has 4 rings (SSSR count). The molecular formula is C34H43N3O6S. The summed E-state index contributed by atoms with van der Waals surface area (Å²) in [6.45, 7) is 3.47. The second-order valence-corrected chi connectivity index (χ2v) is 13.0. The maximum absolute atomic E-state index is 14.4. The summed E-state index contributed by atoms with van der Waals surface area (Å²) in [6, 6.07) is 19.7. The molecule has 236 valence electrons. The summed E-state index contributed by atoms with van der Waals surface area (Å²) in [5.74, 6) is 0.0298. The molecule has 0 bridgehead atoms. The van der Waals surface area contributed by atoms with Crippen molar-refractivity contribution >= 4 is 27.5 Å². The molecule has 10 heteroatoms. The Bertz CT molecular complexity index is 1520. The number of hydrogen-bond acceptors (Lipinski definition) is 6. The fraction of sp³-hybridized carbons (Fsp3) is 0.412. The minimum atomic E-state index is -4.19. The van der Waals surface area contributed by atoms with Gasteiger partial charge in [0.1, 0.15) is 12.6 Å². The van der Waals surface area contributed by atoms with Gasteiger partial charge in [-0.2, -0.15) is 0 Å². The molecule has 1 atom stereocenters. The molecule has 1 N–H and O–H groups in total. The molecule has 9 nitrogen and oxygen atoms in total. The van der Waals surface area contributed by atoms with Crippen molar-refractivity contribution in [3.05, 3.63) is 83.9 Å². The fourth-order valence-corrected chi connectivity index (χ4v) is 7.13. The lowest BCUT2D eigenvalue weighted by Crippen LogP contribution is -2.54. The van der Waals surface area contributed by atoms with E-state index >= 15 is 0 Å². The Morgan fingerprint density at radius 1 is 0.909 bits per heavy atom. The van der Waals surface area contributed by atoms with Gasteiger partial charge in [0.15, 0.2) is 11.5 Å². The van der Waals surface area contributed by atoms with Crippen LogP contribution in [0.4, 0.5) is 5.69 Å². The first-order chi connectivity index (χ1) is 21.2. The lowest BCUT2D eigenvalue weighted by atomic mass is 9.95. The molecule has 1 saturated carbocycles. The van der Waals surface area contributed by atoms with Crippen molar-refractivity contribution in [1.29, 1.82) is 0 Å². The van der Waals surface area contributed by atoms with Gasteiger partial charge in [-0.25, -0.2) is 8.42 Å². The maximum atomic E-state index is 14.4. The summed E-state index contributed by atoms with van der Waals surface area (Å²) in [5.41, 5.74) is 2.11. The van der Waals surface area contributed by atoms with Crippen LogP contribution in [0.15, 0.2) is 77.7 Å². The van der Waals surface area contributed by atoms with Crippen LogP contribution in [0.2, 0.25) is 0 Å². The van der Waals surface area contributed by atoms with Crippen molar-refractivity contribution < 1.29 is 27.5 Å². The number of methoxy groups -OCH3 is 2. The average molecular weight is 622 g/mol. The highest BCUT2D eigenvalue weighted by Gasteiger charge is 2.34. The van der Waals surface area contributed by atoms with Gasteiger partial charge in [0.05, 0.1) is 24.8 Å². The summed E-state index contributed by atoms with van der Waals surface area (Å²) in [4.78, 5) is 29.6. The predicted molar refractivity (Wildman–Crippen MR) is 171 cm³/mol. The molecule has 0 aromatic heterocycles. The molecular weight excluding hydrogens is 578 g/mol. The van der Waals surface area contributed by atoms with Crippen molar-refractivity contribution in [2.24, 2.45) is 0 Å². The Morgan fingerprint density at radius 3 is 2.25 bits per heavy atom. The van der Waals surface area contributed by atoms with Crippen LogP contribution in [-0.2, 0) is 26.2 Å². The number of hydrogen-bond donors (Lipinski definition) is 1. The maximum Gasteiger partial charge on any atom is 0.264 e. The van der Waals surface area contributed by atoms with Crippen LogP contribution in [0.5, 0.6) is 11.5 Å². The summed E-state index contributed by atoms with van der Waals surface area (Å²) < 4.78 is 40.1. The Labute approximate surface area is 261 Å². The first kappa shape index (κ1) is 32.9. The number of aryl methyl sites for hydroxylation is 1. The summed E-state index contributed by atoms with van der Waals surface area (Å²) in [7, 11) is -1.24. The summed E-state index contributed by atoms with van der Waals surface area (Å²) in [6.07, 6.45) is 5.48. The number of amides is 2. The Kier molecular flexibility index (Phi) is 11.3. The summed E-state index contributed by atoms with van der Waals surface area (Å²) in [5, 5.41) is 3.18. The number of nitrogens with zero attached hydrogens (tertiary/aromatic N) is 2. The van der Waals surface area contributed by atoms with Crippen LogP contribution in [0, 0.1) is 6.92 Å². The molecule has 0 heterocycles. The van der Waals surface area contributed by atoms with Crippen LogP contribution in [0.3, 0.4) is 0 Å². The van der Waals surface area contributed by atoms with E-state index in [1.54, 1.807) is 30.3 Å². The van der Waals surface area contributed by atoms with E-state index in [1.807, 2.05) is 38.1 Å². The zero-order valence-corrected chi connectivity index (χ0v) is 26.8. The van der Waals surface area contributed by atoms with Crippen molar-refractivity contribution in [2.75, 3.05) is 25.1 Å². The number of benzene rings is 3. The Morgan fingerprint density at radius 2 is 1.61 bits per heavy atom. The van der Waals surface area contributed by atoms with Gasteiger partial charge in [-0.3, -0.25) is 13.9 Å². The van der Waals surface area contributed by atoms with E-state index in [0.717, 1.165) is 47.5 Å². The third-order valence-electron chi connectivity index (χ3n) is 8.04. The molecule has 1 aliphatic rings. The van der Waals surface area contributed by atoms with E-state index in [0.29, 0.717) is 17.9 Å². The van der Waals surface area contributed by atoms with Crippen molar-refractivity contribution in [1.82, 2.24) is 10.2 Å². The number of ether oxygens (including phenoxy) is 2. The molecule has 1 fully saturated rings. The fourth-order valence-electron chi connectivity index (χ4n) is 5.70. The van der Waals surface area contributed by atoms with Gasteiger partial charge in [0.2, 0.25) is 11.8 Å². The number of sulfonamides is 1. The van der Waals surface area contributed by atoms with Crippen LogP contribution in [-0.4, -0.2) is 58.0 Å². The van der Waals surface area contributed by atoms with Gasteiger partial charge in [-0.1, -0.05) is 74.2 Å². The molecule has 0 aliphatic heterocycles. The molecule has 0 unspecified atom stereocenters. The topological polar surface area (TPSA) is 105 Å². The quantitative estimate of drug-likeness (QED) is 0.272. The van der Waals surface area contributed by atoms with Crippen molar-refractivity contribution in [2.45, 2.75) is 75.9 Å². The minimum absolute atomic E-state index is 0.0369. The molecule has 0 spiro atoms. The zero-order chi connectivity index (χ0) is 31.7. The van der Waals surface area contributed by atoms with E-state index in [1.165, 1.54) is 37.3 Å². The predicted octanol–water partition coefficient (Wildman–Crippen LogP) is 5.46. The van der Waals surface area contributed by atoms with E-state index in [9.17, 15) is 18.0 Å². The lowest BCUT2D eigenvalue weighted by molar-refractivity contribution is -0.140. The smallest absolute Gasteiger partial charge is 0.264 e. The van der Waals surface area contributed by atoms with Gasteiger partial charge in [-0.15, -0.1) is 0 Å². The number of anilines is 1. The third-order valence-corrected chi connectivity index (χ3v) is 9.83. The van der Waals surface area contributed by atoms with E-state index in [4.69, 9.17) is 9.47 Å². The van der Waals surface area contributed by atoms with Gasteiger partial charge in [0, 0.05) is 18.7 Å². The Balaban J connectivity index is 1.74. The van der Waals surface area contributed by atoms with Crippen molar-refractivity contribution in [3.63, 3.8) is 0 Å². The van der Waals surface area contributed by atoms with E-state index in [2.05, 4.69) is 5.32 Å². The second-order valence-electron chi connectivity index (χ2n) is 11.1.